The molecule has 1 N–H and O–H groups in total. The van der Waals surface area contributed by atoms with Gasteiger partial charge in [-0.1, -0.05) is 36.5 Å². The molecule has 0 amide bonds. The van der Waals surface area contributed by atoms with Crippen LogP contribution in [0, 0.1) is 0 Å². The summed E-state index contributed by atoms with van der Waals surface area (Å²) in [7, 11) is 0. The second-order valence-corrected chi connectivity index (χ2v) is 5.18. The highest BCUT2D eigenvalue weighted by Gasteiger charge is 2.18. The van der Waals surface area contributed by atoms with E-state index in [0.717, 1.165) is 30.1 Å². The Morgan fingerprint density at radius 3 is 2.42 bits per heavy atom. The molecule has 3 rings (SSSR count). The van der Waals surface area contributed by atoms with Crippen molar-refractivity contribution in [3.05, 3.63) is 65.2 Å². The van der Waals surface area contributed by atoms with Gasteiger partial charge in [0, 0.05) is 18.7 Å². The summed E-state index contributed by atoms with van der Waals surface area (Å²) in [6, 6.07) is 15.6. The van der Waals surface area contributed by atoms with Crippen molar-refractivity contribution in [1.82, 2.24) is 4.90 Å². The largest absolute Gasteiger partial charge is 0.508 e. The van der Waals surface area contributed by atoms with Gasteiger partial charge in [0.1, 0.15) is 10.7 Å². The molecule has 0 saturated carbocycles. The third-order valence-corrected chi connectivity index (χ3v) is 4.03. The summed E-state index contributed by atoms with van der Waals surface area (Å²) in [5, 5.41) is 9.32. The summed E-state index contributed by atoms with van der Waals surface area (Å²) in [6.45, 7) is 1.83. The first-order valence-corrected chi connectivity index (χ1v) is 6.80. The smallest absolute Gasteiger partial charge is 0.115 e. The van der Waals surface area contributed by atoms with Crippen molar-refractivity contribution in [2.45, 2.75) is 13.0 Å². The molecule has 2 nitrogen and oxygen atoms in total. The normalized spacial score (nSPS) is 14.0. The van der Waals surface area contributed by atoms with Gasteiger partial charge >= 0.3 is 0 Å². The van der Waals surface area contributed by atoms with Crippen molar-refractivity contribution < 1.29 is 5.11 Å². The molecular formula is C16H15NOS. The zero-order valence-electron chi connectivity index (χ0n) is 10.5. The molecule has 0 spiro atoms. The predicted octanol–water partition coefficient (Wildman–Crippen LogP) is 3.13. The molecule has 0 bridgehead atoms. The lowest BCUT2D eigenvalue weighted by Gasteiger charge is -2.31. The summed E-state index contributed by atoms with van der Waals surface area (Å²) in [5.74, 6) is 0.274. The maximum atomic E-state index is 9.32. The van der Waals surface area contributed by atoms with Crippen LogP contribution in [0.5, 0.6) is 5.75 Å². The zero-order chi connectivity index (χ0) is 13.2. The molecule has 2 aromatic carbocycles. The number of phenolic OH excluding ortho intramolecular Hbond substituents is 1. The van der Waals surface area contributed by atoms with E-state index >= 15 is 0 Å². The van der Waals surface area contributed by atoms with Gasteiger partial charge in [0.05, 0.1) is 0 Å². The zero-order valence-corrected chi connectivity index (χ0v) is 11.4. The van der Waals surface area contributed by atoms with Crippen molar-refractivity contribution in [2.75, 3.05) is 6.54 Å². The van der Waals surface area contributed by atoms with Crippen molar-refractivity contribution in [3.8, 4) is 5.75 Å². The molecule has 2 aromatic rings. The Morgan fingerprint density at radius 1 is 1.00 bits per heavy atom. The Balaban J connectivity index is 1.81. The van der Waals surface area contributed by atoms with Crippen LogP contribution < -0.4 is 0 Å². The van der Waals surface area contributed by atoms with Gasteiger partial charge in [-0.15, -0.1) is 0 Å². The van der Waals surface area contributed by atoms with Crippen molar-refractivity contribution in [2.24, 2.45) is 0 Å². The first-order valence-electron chi connectivity index (χ1n) is 6.39. The van der Waals surface area contributed by atoms with E-state index in [1.807, 2.05) is 12.1 Å². The average molecular weight is 269 g/mol. The third-order valence-electron chi connectivity index (χ3n) is 3.53. The van der Waals surface area contributed by atoms with Crippen LogP contribution in [-0.2, 0) is 13.0 Å². The van der Waals surface area contributed by atoms with Gasteiger partial charge in [-0.25, -0.2) is 0 Å². The van der Waals surface area contributed by atoms with Crippen LogP contribution >= 0.6 is 12.2 Å². The molecule has 1 heterocycles. The Bertz CT molecular complexity index is 606. The highest BCUT2D eigenvalue weighted by molar-refractivity contribution is 7.80. The van der Waals surface area contributed by atoms with E-state index in [1.54, 1.807) is 12.1 Å². The maximum absolute atomic E-state index is 9.32. The number of hydrogen-bond acceptors (Lipinski definition) is 2. The van der Waals surface area contributed by atoms with Crippen LogP contribution in [0.3, 0.4) is 0 Å². The third kappa shape index (κ3) is 2.47. The molecule has 0 aromatic heterocycles. The fourth-order valence-electron chi connectivity index (χ4n) is 2.46. The number of aromatic hydroxyl groups is 1. The number of phenols is 1. The van der Waals surface area contributed by atoms with Crippen LogP contribution in [-0.4, -0.2) is 21.5 Å². The lowest BCUT2D eigenvalue weighted by Crippen LogP contribution is -2.35. The van der Waals surface area contributed by atoms with E-state index < -0.39 is 0 Å². The second kappa shape index (κ2) is 5.02. The van der Waals surface area contributed by atoms with Crippen LogP contribution in [0.4, 0.5) is 0 Å². The Hall–Kier alpha value is -1.87. The van der Waals surface area contributed by atoms with Gasteiger partial charge in [-0.05, 0) is 41.8 Å². The summed E-state index contributed by atoms with van der Waals surface area (Å²) < 4.78 is 0. The number of rotatable bonds is 1. The standard InChI is InChI=1S/C16H15NOS/c18-15-7-5-13(6-8-15)16(19)17-10-9-12-3-1-2-4-14(12)11-17/h1-8,18H,9-11H2. The lowest BCUT2D eigenvalue weighted by molar-refractivity contribution is 0.401. The highest BCUT2D eigenvalue weighted by Crippen LogP contribution is 2.21. The minimum Gasteiger partial charge on any atom is -0.508 e. The topological polar surface area (TPSA) is 23.5 Å². The molecule has 19 heavy (non-hydrogen) atoms. The minimum absolute atomic E-state index is 0.274. The number of thiocarbonyl (C=S) groups is 1. The van der Waals surface area contributed by atoms with Crippen molar-refractivity contribution in [1.29, 1.82) is 0 Å². The fourth-order valence-corrected chi connectivity index (χ4v) is 2.75. The maximum Gasteiger partial charge on any atom is 0.115 e. The number of benzene rings is 2. The van der Waals surface area contributed by atoms with E-state index in [4.69, 9.17) is 12.2 Å². The molecule has 0 saturated heterocycles. The van der Waals surface area contributed by atoms with Crippen LogP contribution in [0.1, 0.15) is 16.7 Å². The molecule has 0 unspecified atom stereocenters. The van der Waals surface area contributed by atoms with E-state index in [0.29, 0.717) is 0 Å². The Kier molecular flexibility index (Phi) is 3.22. The lowest BCUT2D eigenvalue weighted by atomic mass is 9.99. The number of hydrogen-bond donors (Lipinski definition) is 1. The van der Waals surface area contributed by atoms with E-state index in [-0.39, 0.29) is 5.75 Å². The van der Waals surface area contributed by atoms with E-state index in [2.05, 4.69) is 29.2 Å². The van der Waals surface area contributed by atoms with Gasteiger partial charge < -0.3 is 10.0 Å². The summed E-state index contributed by atoms with van der Waals surface area (Å²) >= 11 is 5.56. The van der Waals surface area contributed by atoms with Crippen molar-refractivity contribution in [3.63, 3.8) is 0 Å². The molecule has 3 heteroatoms. The Labute approximate surface area is 118 Å². The first-order chi connectivity index (χ1) is 9.24. The van der Waals surface area contributed by atoms with E-state index in [1.165, 1.54) is 11.1 Å². The quantitative estimate of drug-likeness (QED) is 0.805. The monoisotopic (exact) mass is 269 g/mol. The second-order valence-electron chi connectivity index (χ2n) is 4.79. The fraction of sp³-hybridized carbons (Fsp3) is 0.188. The van der Waals surface area contributed by atoms with Gasteiger partial charge in [0.25, 0.3) is 0 Å². The molecule has 0 atom stereocenters. The summed E-state index contributed by atoms with van der Waals surface area (Å²) in [6.07, 6.45) is 1.04. The molecule has 0 fully saturated rings. The van der Waals surface area contributed by atoms with Crippen LogP contribution in [0.15, 0.2) is 48.5 Å². The van der Waals surface area contributed by atoms with Gasteiger partial charge in [-0.3, -0.25) is 0 Å². The number of nitrogens with zero attached hydrogens (tertiary/aromatic N) is 1. The molecule has 1 aliphatic rings. The summed E-state index contributed by atoms with van der Waals surface area (Å²) in [4.78, 5) is 3.08. The van der Waals surface area contributed by atoms with Gasteiger partial charge in [-0.2, -0.15) is 0 Å². The van der Waals surface area contributed by atoms with Gasteiger partial charge in [0.15, 0.2) is 0 Å². The molecule has 96 valence electrons. The Morgan fingerprint density at radius 2 is 1.68 bits per heavy atom. The minimum atomic E-state index is 0.274. The van der Waals surface area contributed by atoms with E-state index in [9.17, 15) is 5.11 Å². The van der Waals surface area contributed by atoms with Crippen LogP contribution in [0.25, 0.3) is 0 Å². The molecule has 1 aliphatic heterocycles. The molecule has 0 aliphatic carbocycles. The highest BCUT2D eigenvalue weighted by atomic mass is 32.1. The van der Waals surface area contributed by atoms with Crippen LogP contribution in [0.2, 0.25) is 0 Å². The van der Waals surface area contributed by atoms with Gasteiger partial charge in [0.2, 0.25) is 0 Å². The SMILES string of the molecule is Oc1ccc(C(=S)N2CCc3ccccc3C2)cc1. The average Bonchev–Trinajstić information content (AvgIpc) is 2.47. The summed E-state index contributed by atoms with van der Waals surface area (Å²) in [5.41, 5.74) is 3.77. The predicted molar refractivity (Wildman–Crippen MR) is 80.4 cm³/mol. The first kappa shape index (κ1) is 12.2. The molecule has 0 radical (unpaired) electrons. The van der Waals surface area contributed by atoms with Crippen molar-refractivity contribution >= 4 is 17.2 Å². The molecular weight excluding hydrogens is 254 g/mol. The number of fused-ring (bicyclic) bond motifs is 1.